The Hall–Kier alpha value is -2.73. The fourth-order valence-electron chi connectivity index (χ4n) is 2.84. The average molecular weight is 448 g/mol. The summed E-state index contributed by atoms with van der Waals surface area (Å²) >= 11 is 18.3. The summed E-state index contributed by atoms with van der Waals surface area (Å²) in [5.41, 5.74) is 2.82. The van der Waals surface area contributed by atoms with Gasteiger partial charge in [-0.05, 0) is 48.5 Å². The van der Waals surface area contributed by atoms with Crippen LogP contribution in [-0.4, -0.2) is 18.0 Å². The van der Waals surface area contributed by atoms with E-state index in [1.165, 1.54) is 19.2 Å². The summed E-state index contributed by atoms with van der Waals surface area (Å²) in [6, 6.07) is 15.4. The van der Waals surface area contributed by atoms with Crippen LogP contribution in [-0.2, 0) is 0 Å². The molecule has 0 fully saturated rings. The third kappa shape index (κ3) is 4.03. The molecule has 146 valence electrons. The van der Waals surface area contributed by atoms with Gasteiger partial charge in [0.25, 0.3) is 5.91 Å². The summed E-state index contributed by atoms with van der Waals surface area (Å²) in [7, 11) is 1.46. The number of halogens is 3. The van der Waals surface area contributed by atoms with E-state index in [9.17, 15) is 4.79 Å². The van der Waals surface area contributed by atoms with Crippen LogP contribution in [0.2, 0.25) is 15.1 Å². The van der Waals surface area contributed by atoms with Crippen molar-refractivity contribution in [3.05, 3.63) is 75.2 Å². The lowest BCUT2D eigenvalue weighted by Gasteiger charge is -2.09. The third-order valence-corrected chi connectivity index (χ3v) is 4.98. The lowest BCUT2D eigenvalue weighted by Crippen LogP contribution is -2.12. The summed E-state index contributed by atoms with van der Waals surface area (Å²) in [6.07, 6.45) is 0. The lowest BCUT2D eigenvalue weighted by atomic mass is 10.2. The second-order valence-electron chi connectivity index (χ2n) is 6.14. The van der Waals surface area contributed by atoms with Crippen LogP contribution in [0.4, 0.5) is 5.69 Å². The van der Waals surface area contributed by atoms with Crippen LogP contribution in [0, 0.1) is 0 Å². The summed E-state index contributed by atoms with van der Waals surface area (Å²) < 4.78 is 10.9. The highest BCUT2D eigenvalue weighted by Gasteiger charge is 2.15. The zero-order valence-corrected chi connectivity index (χ0v) is 17.3. The molecule has 0 aliphatic carbocycles. The smallest absolute Gasteiger partial charge is 0.255 e. The molecule has 0 radical (unpaired) electrons. The van der Waals surface area contributed by atoms with Crippen molar-refractivity contribution < 1.29 is 13.9 Å². The Bertz CT molecular complexity index is 1210. The van der Waals surface area contributed by atoms with Crippen LogP contribution >= 0.6 is 34.8 Å². The van der Waals surface area contributed by atoms with Crippen LogP contribution in [0.1, 0.15) is 10.4 Å². The number of carbonyl (C=O) groups excluding carboxylic acids is 1. The lowest BCUT2D eigenvalue weighted by molar-refractivity contribution is 0.102. The zero-order valence-electron chi connectivity index (χ0n) is 15.0. The van der Waals surface area contributed by atoms with Crippen LogP contribution < -0.4 is 10.1 Å². The van der Waals surface area contributed by atoms with E-state index >= 15 is 0 Å². The Labute approximate surface area is 181 Å². The zero-order chi connectivity index (χ0) is 20.5. The Kier molecular flexibility index (Phi) is 5.37. The molecule has 0 saturated heterocycles. The molecule has 0 saturated carbocycles. The van der Waals surface area contributed by atoms with Crippen molar-refractivity contribution >= 4 is 57.5 Å². The molecule has 1 amide bonds. The largest absolute Gasteiger partial charge is 0.494 e. The van der Waals surface area contributed by atoms with Gasteiger partial charge in [0.05, 0.1) is 17.2 Å². The first kappa shape index (κ1) is 19.6. The highest BCUT2D eigenvalue weighted by atomic mass is 35.5. The molecule has 29 heavy (non-hydrogen) atoms. The Balaban J connectivity index is 1.61. The minimum atomic E-state index is -0.366. The van der Waals surface area contributed by atoms with E-state index in [4.69, 9.17) is 44.0 Å². The molecule has 1 aromatic heterocycles. The monoisotopic (exact) mass is 446 g/mol. The number of benzene rings is 3. The normalized spacial score (nSPS) is 10.9. The molecular formula is C21H13Cl3N2O3. The maximum Gasteiger partial charge on any atom is 0.255 e. The summed E-state index contributed by atoms with van der Waals surface area (Å²) in [5.74, 6) is 0.400. The van der Waals surface area contributed by atoms with Crippen molar-refractivity contribution in [3.63, 3.8) is 0 Å². The van der Waals surface area contributed by atoms with Gasteiger partial charge >= 0.3 is 0 Å². The van der Waals surface area contributed by atoms with Gasteiger partial charge in [0.2, 0.25) is 5.89 Å². The summed E-state index contributed by atoms with van der Waals surface area (Å²) in [4.78, 5) is 17.1. The fraction of sp³-hybridized carbons (Fsp3) is 0.0476. The predicted octanol–water partition coefficient (Wildman–Crippen LogP) is 6.72. The SMILES string of the molecule is COc1c(Cl)cc(C(=O)Nc2ccc3oc(-c4cccc(Cl)c4)nc3c2)cc1Cl. The number of oxazole rings is 1. The number of hydrogen-bond acceptors (Lipinski definition) is 4. The topological polar surface area (TPSA) is 64.4 Å². The Morgan fingerprint density at radius 3 is 2.48 bits per heavy atom. The molecule has 4 rings (SSSR count). The maximum absolute atomic E-state index is 12.6. The van der Waals surface area contributed by atoms with Crippen LogP contribution in [0.5, 0.6) is 5.75 Å². The molecule has 1 heterocycles. The molecule has 0 spiro atoms. The standard InChI is InChI=1S/C21H13Cl3N2O3/c1-28-19-15(23)8-12(9-16(19)24)20(27)25-14-5-6-18-17(10-14)26-21(29-18)11-3-2-4-13(22)7-11/h2-10H,1H3,(H,25,27). The molecule has 0 aliphatic rings. The first-order valence-corrected chi connectivity index (χ1v) is 9.59. The molecule has 0 unspecified atom stereocenters. The molecule has 4 aromatic rings. The third-order valence-electron chi connectivity index (χ3n) is 4.18. The van der Waals surface area contributed by atoms with Gasteiger partial charge in [-0.25, -0.2) is 4.98 Å². The van der Waals surface area contributed by atoms with Crippen molar-refractivity contribution in [3.8, 4) is 17.2 Å². The number of rotatable bonds is 4. The minimum absolute atomic E-state index is 0.253. The fourth-order valence-corrected chi connectivity index (χ4v) is 3.67. The van der Waals surface area contributed by atoms with Gasteiger partial charge in [0, 0.05) is 21.8 Å². The van der Waals surface area contributed by atoms with Gasteiger partial charge < -0.3 is 14.5 Å². The summed E-state index contributed by atoms with van der Waals surface area (Å²) in [6.45, 7) is 0. The van der Waals surface area contributed by atoms with Gasteiger partial charge in [0.1, 0.15) is 5.52 Å². The van der Waals surface area contributed by atoms with E-state index < -0.39 is 0 Å². The van der Waals surface area contributed by atoms with Crippen molar-refractivity contribution in [1.82, 2.24) is 4.98 Å². The first-order chi connectivity index (χ1) is 13.9. The summed E-state index contributed by atoms with van der Waals surface area (Å²) in [5, 5.41) is 3.90. The van der Waals surface area contributed by atoms with Crippen molar-refractivity contribution in [1.29, 1.82) is 0 Å². The highest BCUT2D eigenvalue weighted by molar-refractivity contribution is 6.37. The number of carbonyl (C=O) groups is 1. The van der Waals surface area contributed by atoms with Gasteiger partial charge in [-0.15, -0.1) is 0 Å². The number of hydrogen-bond donors (Lipinski definition) is 1. The van der Waals surface area contributed by atoms with E-state index in [-0.39, 0.29) is 16.0 Å². The Morgan fingerprint density at radius 2 is 1.79 bits per heavy atom. The van der Waals surface area contributed by atoms with E-state index in [1.54, 1.807) is 30.3 Å². The van der Waals surface area contributed by atoms with Gasteiger partial charge in [-0.3, -0.25) is 4.79 Å². The highest BCUT2D eigenvalue weighted by Crippen LogP contribution is 2.34. The van der Waals surface area contributed by atoms with Gasteiger partial charge in [0.15, 0.2) is 11.3 Å². The van der Waals surface area contributed by atoms with Gasteiger partial charge in [-0.2, -0.15) is 0 Å². The van der Waals surface area contributed by atoms with Crippen molar-refractivity contribution in [2.24, 2.45) is 0 Å². The molecule has 8 heteroatoms. The van der Waals surface area contributed by atoms with E-state index in [1.807, 2.05) is 12.1 Å². The van der Waals surface area contributed by atoms with E-state index in [0.29, 0.717) is 39.0 Å². The molecular weight excluding hydrogens is 435 g/mol. The number of aromatic nitrogens is 1. The minimum Gasteiger partial charge on any atom is -0.494 e. The quantitative estimate of drug-likeness (QED) is 0.377. The molecule has 0 atom stereocenters. The molecule has 3 aromatic carbocycles. The van der Waals surface area contributed by atoms with Gasteiger partial charge in [-0.1, -0.05) is 40.9 Å². The number of ether oxygens (including phenoxy) is 1. The molecule has 0 aliphatic heterocycles. The van der Waals surface area contributed by atoms with Crippen LogP contribution in [0.25, 0.3) is 22.6 Å². The van der Waals surface area contributed by atoms with Crippen LogP contribution in [0.3, 0.4) is 0 Å². The number of nitrogens with zero attached hydrogens (tertiary/aromatic N) is 1. The number of methoxy groups -OCH3 is 1. The number of amides is 1. The van der Waals surface area contributed by atoms with Crippen molar-refractivity contribution in [2.45, 2.75) is 0 Å². The molecule has 0 bridgehead atoms. The number of fused-ring (bicyclic) bond motifs is 1. The van der Waals surface area contributed by atoms with Crippen LogP contribution in [0.15, 0.2) is 59.0 Å². The Morgan fingerprint density at radius 1 is 1.03 bits per heavy atom. The number of nitrogens with one attached hydrogen (secondary N) is 1. The molecule has 5 nitrogen and oxygen atoms in total. The predicted molar refractivity (Wildman–Crippen MR) is 115 cm³/mol. The number of anilines is 1. The van der Waals surface area contributed by atoms with Crippen molar-refractivity contribution in [2.75, 3.05) is 12.4 Å². The van der Waals surface area contributed by atoms with E-state index in [0.717, 1.165) is 5.56 Å². The average Bonchev–Trinajstić information content (AvgIpc) is 3.11. The second kappa shape index (κ2) is 7.95. The second-order valence-corrected chi connectivity index (χ2v) is 7.39. The van der Waals surface area contributed by atoms with E-state index in [2.05, 4.69) is 10.3 Å². The first-order valence-electron chi connectivity index (χ1n) is 8.45. The molecule has 1 N–H and O–H groups in total. The maximum atomic E-state index is 12.6.